The summed E-state index contributed by atoms with van der Waals surface area (Å²) in [5.74, 6) is 0. The zero-order valence-electron chi connectivity index (χ0n) is 6.90. The van der Waals surface area contributed by atoms with Crippen molar-refractivity contribution in [2.75, 3.05) is 0 Å². The number of aliphatic hydroxyl groups is 1. The van der Waals surface area contributed by atoms with Crippen LogP contribution in [0.15, 0.2) is 18.2 Å². The fraction of sp³-hybridized carbons (Fsp3) is 0.250. The van der Waals surface area contributed by atoms with Crippen LogP contribution in [0.5, 0.6) is 0 Å². The molecular formula is C8H8ClNO3. The van der Waals surface area contributed by atoms with Crippen molar-refractivity contribution < 1.29 is 10.0 Å². The molecule has 0 aliphatic heterocycles. The van der Waals surface area contributed by atoms with Gasteiger partial charge in [0.25, 0.3) is 5.69 Å². The van der Waals surface area contributed by atoms with Crippen molar-refractivity contribution in [1.29, 1.82) is 0 Å². The Kier molecular flexibility index (Phi) is 2.85. The molecule has 1 aromatic rings. The third-order valence-corrected chi connectivity index (χ3v) is 1.98. The summed E-state index contributed by atoms with van der Waals surface area (Å²) in [6.45, 7) is 1.50. The molecule has 1 atom stereocenters. The molecule has 70 valence electrons. The van der Waals surface area contributed by atoms with Crippen molar-refractivity contribution in [2.24, 2.45) is 0 Å². The minimum absolute atomic E-state index is 0.0692. The van der Waals surface area contributed by atoms with Crippen LogP contribution in [-0.2, 0) is 0 Å². The van der Waals surface area contributed by atoms with E-state index in [1.807, 2.05) is 0 Å². The van der Waals surface area contributed by atoms with E-state index in [0.29, 0.717) is 10.6 Å². The van der Waals surface area contributed by atoms with Crippen molar-refractivity contribution in [1.82, 2.24) is 0 Å². The molecule has 0 bridgehead atoms. The van der Waals surface area contributed by atoms with Gasteiger partial charge in [0.15, 0.2) is 0 Å². The van der Waals surface area contributed by atoms with Gasteiger partial charge in [0.2, 0.25) is 0 Å². The van der Waals surface area contributed by atoms with E-state index in [0.717, 1.165) is 0 Å². The summed E-state index contributed by atoms with van der Waals surface area (Å²) in [5, 5.41) is 19.9. The van der Waals surface area contributed by atoms with Gasteiger partial charge in [-0.25, -0.2) is 0 Å². The maximum absolute atomic E-state index is 10.4. The summed E-state index contributed by atoms with van der Waals surface area (Å²) in [6.07, 6.45) is -0.799. The number of rotatable bonds is 2. The van der Waals surface area contributed by atoms with E-state index in [1.54, 1.807) is 0 Å². The number of hydrogen-bond donors (Lipinski definition) is 1. The molecule has 13 heavy (non-hydrogen) atoms. The van der Waals surface area contributed by atoms with Crippen LogP contribution in [0.2, 0.25) is 5.02 Å². The first-order valence-electron chi connectivity index (χ1n) is 3.64. The van der Waals surface area contributed by atoms with E-state index in [-0.39, 0.29) is 5.69 Å². The van der Waals surface area contributed by atoms with Gasteiger partial charge < -0.3 is 5.11 Å². The highest BCUT2D eigenvalue weighted by Crippen LogP contribution is 2.26. The minimum Gasteiger partial charge on any atom is -0.389 e. The first kappa shape index (κ1) is 9.95. The zero-order valence-corrected chi connectivity index (χ0v) is 7.65. The number of nitro benzene ring substituents is 1. The number of nitro groups is 1. The molecule has 0 aromatic heterocycles. The molecular weight excluding hydrogens is 194 g/mol. The molecule has 4 nitrogen and oxygen atoms in total. The predicted octanol–water partition coefficient (Wildman–Crippen LogP) is 2.30. The first-order chi connectivity index (χ1) is 6.02. The molecule has 0 amide bonds. The molecule has 5 heteroatoms. The van der Waals surface area contributed by atoms with Crippen molar-refractivity contribution >= 4 is 17.3 Å². The van der Waals surface area contributed by atoms with Crippen LogP contribution in [0.1, 0.15) is 18.6 Å². The van der Waals surface area contributed by atoms with Crippen molar-refractivity contribution in [2.45, 2.75) is 13.0 Å². The summed E-state index contributed by atoms with van der Waals surface area (Å²) in [7, 11) is 0. The number of halogens is 1. The van der Waals surface area contributed by atoms with E-state index < -0.39 is 11.0 Å². The van der Waals surface area contributed by atoms with Crippen LogP contribution in [0.3, 0.4) is 0 Å². The smallest absolute Gasteiger partial charge is 0.269 e. The quantitative estimate of drug-likeness (QED) is 0.590. The van der Waals surface area contributed by atoms with Gasteiger partial charge in [0.05, 0.1) is 11.0 Å². The van der Waals surface area contributed by atoms with Crippen LogP contribution in [0.25, 0.3) is 0 Å². The van der Waals surface area contributed by atoms with E-state index in [2.05, 4.69) is 0 Å². The first-order valence-corrected chi connectivity index (χ1v) is 4.02. The van der Waals surface area contributed by atoms with Crippen molar-refractivity contribution in [3.8, 4) is 0 Å². The Morgan fingerprint density at radius 3 is 2.69 bits per heavy atom. The molecule has 0 spiro atoms. The lowest BCUT2D eigenvalue weighted by molar-refractivity contribution is -0.385. The van der Waals surface area contributed by atoms with Crippen LogP contribution in [-0.4, -0.2) is 10.0 Å². The predicted molar refractivity (Wildman–Crippen MR) is 48.7 cm³/mol. The average Bonchev–Trinajstić information content (AvgIpc) is 2.04. The number of non-ortho nitro benzene ring substituents is 1. The monoisotopic (exact) mass is 201 g/mol. The molecule has 0 aliphatic carbocycles. The Morgan fingerprint density at radius 2 is 2.23 bits per heavy atom. The van der Waals surface area contributed by atoms with E-state index >= 15 is 0 Å². The van der Waals surface area contributed by atoms with Gasteiger partial charge in [-0.1, -0.05) is 11.6 Å². The lowest BCUT2D eigenvalue weighted by Crippen LogP contribution is -1.95. The summed E-state index contributed by atoms with van der Waals surface area (Å²) >= 11 is 5.71. The summed E-state index contributed by atoms with van der Waals surface area (Å²) < 4.78 is 0. The highest BCUT2D eigenvalue weighted by atomic mass is 35.5. The largest absolute Gasteiger partial charge is 0.389 e. The topological polar surface area (TPSA) is 63.4 Å². The van der Waals surface area contributed by atoms with Crippen LogP contribution in [0, 0.1) is 10.1 Å². The van der Waals surface area contributed by atoms with Crippen LogP contribution in [0.4, 0.5) is 5.69 Å². The molecule has 0 fully saturated rings. The fourth-order valence-corrected chi connectivity index (χ4v) is 1.24. The molecule has 0 aliphatic rings. The molecule has 0 saturated carbocycles. The second-order valence-corrected chi connectivity index (χ2v) is 3.05. The Morgan fingerprint density at radius 1 is 1.62 bits per heavy atom. The van der Waals surface area contributed by atoms with Gasteiger partial charge in [-0.3, -0.25) is 10.1 Å². The van der Waals surface area contributed by atoms with E-state index in [4.69, 9.17) is 11.6 Å². The second kappa shape index (κ2) is 3.72. The highest BCUT2D eigenvalue weighted by Gasteiger charge is 2.12. The summed E-state index contributed by atoms with van der Waals surface area (Å²) in [6, 6.07) is 3.98. The van der Waals surface area contributed by atoms with Gasteiger partial charge in [0, 0.05) is 22.7 Å². The normalized spacial score (nSPS) is 12.5. The van der Waals surface area contributed by atoms with E-state index in [9.17, 15) is 15.2 Å². The van der Waals surface area contributed by atoms with Crippen molar-refractivity contribution in [3.05, 3.63) is 38.9 Å². The number of nitrogens with zero attached hydrogens (tertiary/aromatic N) is 1. The van der Waals surface area contributed by atoms with E-state index in [1.165, 1.54) is 25.1 Å². The second-order valence-electron chi connectivity index (χ2n) is 2.64. The molecule has 1 N–H and O–H groups in total. The zero-order chi connectivity index (χ0) is 10.0. The highest BCUT2D eigenvalue weighted by molar-refractivity contribution is 6.31. The lowest BCUT2D eigenvalue weighted by Gasteiger charge is -2.05. The maximum Gasteiger partial charge on any atom is 0.269 e. The molecule has 0 radical (unpaired) electrons. The Labute approximate surface area is 79.9 Å². The standard InChI is InChI=1S/C8H8ClNO3/c1-5(11)7-4-6(10(12)13)2-3-8(7)9/h2-5,11H,1H3/t5-/m1/s1. The van der Waals surface area contributed by atoms with Crippen molar-refractivity contribution in [3.63, 3.8) is 0 Å². The fourth-order valence-electron chi connectivity index (χ4n) is 0.965. The summed E-state index contributed by atoms with van der Waals surface area (Å²) in [4.78, 5) is 9.84. The van der Waals surface area contributed by atoms with Crippen LogP contribution >= 0.6 is 11.6 Å². The minimum atomic E-state index is -0.799. The maximum atomic E-state index is 10.4. The van der Waals surface area contributed by atoms with Gasteiger partial charge in [-0.15, -0.1) is 0 Å². The van der Waals surface area contributed by atoms with Crippen LogP contribution < -0.4 is 0 Å². The van der Waals surface area contributed by atoms with Gasteiger partial charge >= 0.3 is 0 Å². The Balaban J connectivity index is 3.19. The Hall–Kier alpha value is -1.13. The summed E-state index contributed by atoms with van der Waals surface area (Å²) in [5.41, 5.74) is 0.302. The molecule has 1 aromatic carbocycles. The third kappa shape index (κ3) is 2.17. The number of benzene rings is 1. The number of hydrogen-bond acceptors (Lipinski definition) is 3. The Bertz CT molecular complexity index is 338. The molecule has 0 heterocycles. The average molecular weight is 202 g/mol. The lowest BCUT2D eigenvalue weighted by atomic mass is 10.1. The third-order valence-electron chi connectivity index (χ3n) is 1.64. The molecule has 0 unspecified atom stereocenters. The SMILES string of the molecule is C[C@@H](O)c1cc([N+](=O)[O-])ccc1Cl. The van der Waals surface area contributed by atoms with Gasteiger partial charge in [0.1, 0.15) is 0 Å². The number of aliphatic hydroxyl groups excluding tert-OH is 1. The molecule has 0 saturated heterocycles. The molecule has 1 rings (SSSR count). The van der Waals surface area contributed by atoms with Gasteiger partial charge in [-0.05, 0) is 13.0 Å². The van der Waals surface area contributed by atoms with Gasteiger partial charge in [-0.2, -0.15) is 0 Å².